The van der Waals surface area contributed by atoms with Gasteiger partial charge in [-0.15, -0.1) is 0 Å². The van der Waals surface area contributed by atoms with Gasteiger partial charge in [0.2, 0.25) is 0 Å². The summed E-state index contributed by atoms with van der Waals surface area (Å²) >= 11 is 0. The number of nitrogens with zero attached hydrogens (tertiary/aromatic N) is 1. The molecule has 0 saturated carbocycles. The number of hydrogen-bond donors (Lipinski definition) is 0. The van der Waals surface area contributed by atoms with Gasteiger partial charge >= 0.3 is 0 Å². The summed E-state index contributed by atoms with van der Waals surface area (Å²) in [6, 6.07) is 66.9. The van der Waals surface area contributed by atoms with Crippen LogP contribution in [0.25, 0.3) is 99.2 Å². The SMILES string of the molecule is CC1(C)c2ccccc2-c2ccc(N(c3ccc(-c4cccc5c4oc4ccccc45)cc3)c3cccc4oc5cc6c(cc5c34)oc3cccc(-c4ccccc4)c36)cc21. The number of benzene rings is 9. The van der Waals surface area contributed by atoms with E-state index in [4.69, 9.17) is 13.3 Å². The molecule has 0 radical (unpaired) electrons. The highest BCUT2D eigenvalue weighted by atomic mass is 16.3. The van der Waals surface area contributed by atoms with Gasteiger partial charge in [-0.05, 0) is 99.6 Å². The Balaban J connectivity index is 1.02. The van der Waals surface area contributed by atoms with E-state index in [-0.39, 0.29) is 5.41 Å². The first-order valence-electron chi connectivity index (χ1n) is 20.9. The van der Waals surface area contributed by atoms with E-state index >= 15 is 0 Å². The van der Waals surface area contributed by atoms with Gasteiger partial charge in [0.1, 0.15) is 33.5 Å². The number of fused-ring (bicyclic) bond motifs is 12. The van der Waals surface area contributed by atoms with E-state index < -0.39 is 0 Å². The van der Waals surface area contributed by atoms with E-state index in [0.29, 0.717) is 0 Å². The van der Waals surface area contributed by atoms with Crippen molar-refractivity contribution in [2.24, 2.45) is 0 Å². The molecule has 3 aromatic heterocycles. The summed E-state index contributed by atoms with van der Waals surface area (Å²) in [4.78, 5) is 2.39. The molecule has 4 heteroatoms. The van der Waals surface area contributed by atoms with Crippen LogP contribution in [0.3, 0.4) is 0 Å². The molecule has 288 valence electrons. The summed E-state index contributed by atoms with van der Waals surface area (Å²) < 4.78 is 19.9. The van der Waals surface area contributed by atoms with Crippen LogP contribution in [-0.4, -0.2) is 0 Å². The quantitative estimate of drug-likeness (QED) is 0.174. The van der Waals surface area contributed by atoms with Gasteiger partial charge in [-0.25, -0.2) is 0 Å². The van der Waals surface area contributed by atoms with Crippen molar-refractivity contribution in [3.8, 4) is 33.4 Å². The molecule has 4 nitrogen and oxygen atoms in total. The molecule has 0 atom stereocenters. The second-order valence-corrected chi connectivity index (χ2v) is 16.8. The van der Waals surface area contributed by atoms with Crippen molar-refractivity contribution >= 4 is 82.9 Å². The maximum Gasteiger partial charge on any atom is 0.143 e. The van der Waals surface area contributed by atoms with Crippen LogP contribution in [0.15, 0.2) is 201 Å². The Labute approximate surface area is 351 Å². The summed E-state index contributed by atoms with van der Waals surface area (Å²) in [7, 11) is 0. The highest BCUT2D eigenvalue weighted by Crippen LogP contribution is 2.52. The van der Waals surface area contributed by atoms with Crippen LogP contribution in [0.2, 0.25) is 0 Å². The Morgan fingerprint density at radius 1 is 0.361 bits per heavy atom. The third-order valence-electron chi connectivity index (χ3n) is 13.1. The van der Waals surface area contributed by atoms with E-state index in [9.17, 15) is 0 Å². The molecule has 9 aromatic carbocycles. The minimum atomic E-state index is -0.164. The second kappa shape index (κ2) is 12.6. The average molecular weight is 784 g/mol. The third-order valence-corrected chi connectivity index (χ3v) is 13.1. The van der Waals surface area contributed by atoms with Crippen molar-refractivity contribution in [2.45, 2.75) is 19.3 Å². The molecule has 0 saturated heterocycles. The average Bonchev–Trinajstić information content (AvgIpc) is 4.04. The third kappa shape index (κ3) is 4.93. The zero-order valence-electron chi connectivity index (χ0n) is 33.6. The van der Waals surface area contributed by atoms with Gasteiger partial charge < -0.3 is 18.2 Å². The topological polar surface area (TPSA) is 42.7 Å². The van der Waals surface area contributed by atoms with Crippen molar-refractivity contribution in [1.82, 2.24) is 0 Å². The molecule has 0 bridgehead atoms. The van der Waals surface area contributed by atoms with Crippen molar-refractivity contribution in [2.75, 3.05) is 4.90 Å². The van der Waals surface area contributed by atoms with Crippen LogP contribution in [0.1, 0.15) is 25.0 Å². The first kappa shape index (κ1) is 34.1. The maximum atomic E-state index is 6.80. The minimum absolute atomic E-state index is 0.164. The lowest BCUT2D eigenvalue weighted by molar-refractivity contribution is 0.660. The molecule has 1 aliphatic carbocycles. The van der Waals surface area contributed by atoms with E-state index in [1.165, 1.54) is 22.3 Å². The summed E-state index contributed by atoms with van der Waals surface area (Å²) in [5.74, 6) is 0. The fourth-order valence-corrected chi connectivity index (χ4v) is 10.2. The molecule has 0 N–H and O–H groups in total. The van der Waals surface area contributed by atoms with Crippen LogP contribution in [0.4, 0.5) is 17.1 Å². The summed E-state index contributed by atoms with van der Waals surface area (Å²) in [6.45, 7) is 4.68. The molecule has 61 heavy (non-hydrogen) atoms. The first-order valence-corrected chi connectivity index (χ1v) is 20.9. The Bertz CT molecular complexity index is 3730. The van der Waals surface area contributed by atoms with E-state index in [2.05, 4.69) is 195 Å². The molecule has 0 amide bonds. The standard InChI is InChI=1S/C57H37NO3/c1-57(2)46-20-8-6-15-40(46)41-30-29-37(31-47(41)57)58(36-27-25-35(26-28-36)39-18-10-19-43-42-16-7-9-22-49(42)61-56(39)43)48-21-12-24-51-55(48)45-33-52-44(32-53(45)60-51)54-38(17-11-23-50(54)59-52)34-13-4-3-5-14-34/h3-33H,1-2H3. The van der Waals surface area contributed by atoms with Crippen LogP contribution in [0.5, 0.6) is 0 Å². The van der Waals surface area contributed by atoms with Gasteiger partial charge in [0.05, 0.1) is 11.1 Å². The monoisotopic (exact) mass is 783 g/mol. The van der Waals surface area contributed by atoms with E-state index in [0.717, 1.165) is 105 Å². The predicted molar refractivity (Wildman–Crippen MR) is 251 cm³/mol. The Hall–Kier alpha value is -7.82. The normalized spacial score (nSPS) is 13.2. The Kier molecular flexibility index (Phi) is 7.04. The van der Waals surface area contributed by atoms with Crippen molar-refractivity contribution in [3.05, 3.63) is 199 Å². The maximum absolute atomic E-state index is 6.80. The van der Waals surface area contributed by atoms with E-state index in [1.54, 1.807) is 0 Å². The largest absolute Gasteiger partial charge is 0.456 e. The van der Waals surface area contributed by atoms with Crippen LogP contribution in [-0.2, 0) is 5.41 Å². The van der Waals surface area contributed by atoms with Crippen molar-refractivity contribution in [3.63, 3.8) is 0 Å². The van der Waals surface area contributed by atoms with Gasteiger partial charge in [-0.3, -0.25) is 0 Å². The number of para-hydroxylation sites is 2. The molecule has 13 rings (SSSR count). The smallest absolute Gasteiger partial charge is 0.143 e. The lowest BCUT2D eigenvalue weighted by Gasteiger charge is -2.28. The molecule has 0 fully saturated rings. The van der Waals surface area contributed by atoms with Gasteiger partial charge in [0, 0.05) is 49.3 Å². The summed E-state index contributed by atoms with van der Waals surface area (Å²) in [5.41, 5.74) is 17.8. The van der Waals surface area contributed by atoms with Crippen molar-refractivity contribution in [1.29, 1.82) is 0 Å². The van der Waals surface area contributed by atoms with Gasteiger partial charge in [-0.2, -0.15) is 0 Å². The predicted octanol–water partition coefficient (Wildman–Crippen LogP) is 16.5. The zero-order chi connectivity index (χ0) is 40.4. The molecular weight excluding hydrogens is 747 g/mol. The van der Waals surface area contributed by atoms with Crippen molar-refractivity contribution < 1.29 is 13.3 Å². The van der Waals surface area contributed by atoms with Gasteiger partial charge in [0.25, 0.3) is 0 Å². The highest BCUT2D eigenvalue weighted by molar-refractivity contribution is 6.21. The molecule has 1 aliphatic rings. The first-order chi connectivity index (χ1) is 30.0. The number of rotatable bonds is 5. The van der Waals surface area contributed by atoms with Crippen LogP contribution < -0.4 is 4.90 Å². The molecule has 12 aromatic rings. The molecular formula is C57H37NO3. The lowest BCUT2D eigenvalue weighted by Crippen LogP contribution is -2.16. The number of anilines is 3. The van der Waals surface area contributed by atoms with Crippen LogP contribution in [0, 0.1) is 0 Å². The van der Waals surface area contributed by atoms with Crippen LogP contribution >= 0.6 is 0 Å². The molecule has 3 heterocycles. The molecule has 0 spiro atoms. The number of furan rings is 3. The highest BCUT2D eigenvalue weighted by Gasteiger charge is 2.36. The summed E-state index contributed by atoms with van der Waals surface area (Å²) in [6.07, 6.45) is 0. The van der Waals surface area contributed by atoms with Gasteiger partial charge in [0.15, 0.2) is 0 Å². The fourth-order valence-electron chi connectivity index (χ4n) is 10.2. The van der Waals surface area contributed by atoms with Gasteiger partial charge in [-0.1, -0.05) is 141 Å². The molecule has 0 aliphatic heterocycles. The Morgan fingerprint density at radius 3 is 1.79 bits per heavy atom. The van der Waals surface area contributed by atoms with E-state index in [1.807, 2.05) is 12.1 Å². The lowest BCUT2D eigenvalue weighted by atomic mass is 9.82. The summed E-state index contributed by atoms with van der Waals surface area (Å²) in [5, 5.41) is 6.41. The Morgan fingerprint density at radius 2 is 0.951 bits per heavy atom. The number of hydrogen-bond acceptors (Lipinski definition) is 4. The fraction of sp³-hybridized carbons (Fsp3) is 0.0526. The minimum Gasteiger partial charge on any atom is -0.456 e. The zero-order valence-corrected chi connectivity index (χ0v) is 33.6. The second-order valence-electron chi connectivity index (χ2n) is 16.8. The molecule has 0 unspecified atom stereocenters.